The summed E-state index contributed by atoms with van der Waals surface area (Å²) in [6.45, 7) is 5.69. The summed E-state index contributed by atoms with van der Waals surface area (Å²) >= 11 is 0. The van der Waals surface area contributed by atoms with Gasteiger partial charge in [-0.15, -0.1) is 0 Å². The molecule has 0 fully saturated rings. The Morgan fingerprint density at radius 2 is 1.91 bits per heavy atom. The minimum absolute atomic E-state index is 0.681. The van der Waals surface area contributed by atoms with Crippen LogP contribution in [0.1, 0.15) is 36.4 Å². The largest absolute Gasteiger partial charge is 0.361 e. The van der Waals surface area contributed by atoms with Gasteiger partial charge in [0.2, 0.25) is 0 Å². The number of benzene rings is 1. The summed E-state index contributed by atoms with van der Waals surface area (Å²) in [5.41, 5.74) is 3.49. The number of nitrogens with zero attached hydrogens (tertiary/aromatic N) is 2. The molecule has 0 amide bonds. The van der Waals surface area contributed by atoms with Crippen LogP contribution >= 0.6 is 0 Å². The minimum atomic E-state index is 0.681. The molecule has 0 radical (unpaired) electrons. The molecule has 0 spiro atoms. The van der Waals surface area contributed by atoms with Gasteiger partial charge in [0.05, 0.1) is 5.69 Å². The van der Waals surface area contributed by atoms with Crippen LogP contribution < -0.4 is 10.6 Å². The van der Waals surface area contributed by atoms with Crippen LogP contribution in [0.3, 0.4) is 0 Å². The molecule has 0 saturated heterocycles. The first-order valence-corrected chi connectivity index (χ1v) is 8.23. The molecule has 2 aromatic rings. The lowest BCUT2D eigenvalue weighted by Crippen LogP contribution is -2.38. The predicted molar refractivity (Wildman–Crippen MR) is 93.6 cm³/mol. The fourth-order valence-corrected chi connectivity index (χ4v) is 2.50. The summed E-state index contributed by atoms with van der Waals surface area (Å²) in [4.78, 5) is 4.27. The molecule has 124 valence electrons. The Morgan fingerprint density at radius 3 is 2.57 bits per heavy atom. The molecule has 1 aromatic carbocycles. The van der Waals surface area contributed by atoms with E-state index in [0.717, 1.165) is 48.8 Å². The van der Waals surface area contributed by atoms with Gasteiger partial charge in [0.25, 0.3) is 0 Å². The smallest absolute Gasteiger partial charge is 0.191 e. The Kier molecular flexibility index (Phi) is 6.66. The molecule has 0 aliphatic carbocycles. The molecule has 0 bridgehead atoms. The molecule has 1 heterocycles. The lowest BCUT2D eigenvalue weighted by Gasteiger charge is -2.12. The number of aromatic nitrogens is 1. The lowest BCUT2D eigenvalue weighted by atomic mass is 10.1. The standard InChI is InChI=1S/C18H26N4O/c1-4-16-15(17(5-2)23-22-16)13-21-18(19-3)20-12-11-14-9-7-6-8-10-14/h6-10H,4-5,11-13H2,1-3H3,(H2,19,20,21). The van der Waals surface area contributed by atoms with Crippen molar-refractivity contribution in [3.8, 4) is 0 Å². The van der Waals surface area contributed by atoms with Crippen LogP contribution in [0, 0.1) is 0 Å². The SMILES string of the molecule is CCc1noc(CC)c1CNC(=NC)NCCc1ccccc1. The molecule has 2 rings (SSSR count). The van der Waals surface area contributed by atoms with Crippen LogP contribution in [0.4, 0.5) is 0 Å². The van der Waals surface area contributed by atoms with Crippen LogP contribution in [0.2, 0.25) is 0 Å². The van der Waals surface area contributed by atoms with E-state index < -0.39 is 0 Å². The number of aliphatic imine (C=N–C) groups is 1. The van der Waals surface area contributed by atoms with Crippen molar-refractivity contribution in [2.75, 3.05) is 13.6 Å². The molecular weight excluding hydrogens is 288 g/mol. The monoisotopic (exact) mass is 314 g/mol. The lowest BCUT2D eigenvalue weighted by molar-refractivity contribution is 0.380. The number of aryl methyl sites for hydroxylation is 2. The van der Waals surface area contributed by atoms with Crippen molar-refractivity contribution in [2.24, 2.45) is 4.99 Å². The van der Waals surface area contributed by atoms with Crippen LogP contribution in [-0.4, -0.2) is 24.7 Å². The van der Waals surface area contributed by atoms with Crippen molar-refractivity contribution in [3.05, 3.63) is 52.9 Å². The molecule has 5 nitrogen and oxygen atoms in total. The fourth-order valence-electron chi connectivity index (χ4n) is 2.50. The molecule has 0 unspecified atom stereocenters. The van der Waals surface area contributed by atoms with E-state index in [4.69, 9.17) is 4.52 Å². The van der Waals surface area contributed by atoms with Gasteiger partial charge < -0.3 is 15.2 Å². The maximum absolute atomic E-state index is 5.39. The first-order valence-electron chi connectivity index (χ1n) is 8.23. The normalized spacial score (nSPS) is 11.5. The van der Waals surface area contributed by atoms with Gasteiger partial charge in [0, 0.05) is 32.1 Å². The molecule has 0 saturated carbocycles. The summed E-state index contributed by atoms with van der Waals surface area (Å²) in [6, 6.07) is 10.4. The van der Waals surface area contributed by atoms with E-state index in [0.29, 0.717) is 6.54 Å². The highest BCUT2D eigenvalue weighted by Gasteiger charge is 2.13. The highest BCUT2D eigenvalue weighted by atomic mass is 16.5. The summed E-state index contributed by atoms with van der Waals surface area (Å²) in [5, 5.41) is 10.8. The van der Waals surface area contributed by atoms with Gasteiger partial charge in [0.15, 0.2) is 5.96 Å². The third-order valence-electron chi connectivity index (χ3n) is 3.81. The first-order chi connectivity index (χ1) is 11.3. The second-order valence-electron chi connectivity index (χ2n) is 5.33. The Bertz CT molecular complexity index is 598. The van der Waals surface area contributed by atoms with Crippen molar-refractivity contribution < 1.29 is 4.52 Å². The summed E-state index contributed by atoms with van der Waals surface area (Å²) in [7, 11) is 1.78. The number of hydrogen-bond donors (Lipinski definition) is 2. The van der Waals surface area contributed by atoms with Crippen molar-refractivity contribution in [1.29, 1.82) is 0 Å². The minimum Gasteiger partial charge on any atom is -0.361 e. The zero-order valence-electron chi connectivity index (χ0n) is 14.2. The molecular formula is C18H26N4O. The molecule has 2 N–H and O–H groups in total. The Hall–Kier alpha value is -2.30. The molecule has 5 heteroatoms. The first kappa shape index (κ1) is 17.1. The average molecular weight is 314 g/mol. The van der Waals surface area contributed by atoms with Gasteiger partial charge in [-0.2, -0.15) is 0 Å². The number of hydrogen-bond acceptors (Lipinski definition) is 3. The summed E-state index contributed by atoms with van der Waals surface area (Å²) in [6.07, 6.45) is 2.69. The van der Waals surface area contributed by atoms with Crippen LogP contribution in [-0.2, 0) is 25.8 Å². The summed E-state index contributed by atoms with van der Waals surface area (Å²) in [5.74, 6) is 1.75. The Balaban J connectivity index is 1.85. The van der Waals surface area contributed by atoms with Crippen LogP contribution in [0.15, 0.2) is 39.8 Å². The van der Waals surface area contributed by atoms with Gasteiger partial charge in [-0.05, 0) is 18.4 Å². The Morgan fingerprint density at radius 1 is 1.13 bits per heavy atom. The van der Waals surface area contributed by atoms with Crippen molar-refractivity contribution >= 4 is 5.96 Å². The second kappa shape index (κ2) is 8.98. The van der Waals surface area contributed by atoms with E-state index >= 15 is 0 Å². The van der Waals surface area contributed by atoms with Crippen LogP contribution in [0.25, 0.3) is 0 Å². The van der Waals surface area contributed by atoms with Crippen molar-refractivity contribution in [2.45, 2.75) is 39.7 Å². The molecule has 0 aliphatic rings. The van der Waals surface area contributed by atoms with E-state index in [1.807, 2.05) is 6.07 Å². The molecule has 23 heavy (non-hydrogen) atoms. The van der Waals surface area contributed by atoms with Gasteiger partial charge in [-0.3, -0.25) is 4.99 Å². The van der Waals surface area contributed by atoms with Gasteiger partial charge >= 0.3 is 0 Å². The van der Waals surface area contributed by atoms with Crippen molar-refractivity contribution in [1.82, 2.24) is 15.8 Å². The maximum Gasteiger partial charge on any atom is 0.191 e. The van der Waals surface area contributed by atoms with Gasteiger partial charge in [-0.1, -0.05) is 49.3 Å². The Labute approximate surface area is 138 Å². The highest BCUT2D eigenvalue weighted by molar-refractivity contribution is 5.79. The molecule has 0 aliphatic heterocycles. The average Bonchev–Trinajstić information content (AvgIpc) is 3.00. The van der Waals surface area contributed by atoms with Gasteiger partial charge in [-0.25, -0.2) is 0 Å². The third-order valence-corrected chi connectivity index (χ3v) is 3.81. The fraction of sp³-hybridized carbons (Fsp3) is 0.444. The zero-order chi connectivity index (χ0) is 16.5. The van der Waals surface area contributed by atoms with E-state index in [-0.39, 0.29) is 0 Å². The van der Waals surface area contributed by atoms with Crippen LogP contribution in [0.5, 0.6) is 0 Å². The zero-order valence-corrected chi connectivity index (χ0v) is 14.2. The number of rotatable bonds is 7. The van der Waals surface area contributed by atoms with E-state index in [2.05, 4.69) is 58.9 Å². The number of nitrogens with one attached hydrogen (secondary N) is 2. The molecule has 1 aromatic heterocycles. The second-order valence-corrected chi connectivity index (χ2v) is 5.33. The van der Waals surface area contributed by atoms with Gasteiger partial charge in [0.1, 0.15) is 5.76 Å². The summed E-state index contributed by atoms with van der Waals surface area (Å²) < 4.78 is 5.39. The quantitative estimate of drug-likeness (QED) is 0.609. The highest BCUT2D eigenvalue weighted by Crippen LogP contribution is 2.15. The van der Waals surface area contributed by atoms with E-state index in [1.54, 1.807) is 7.05 Å². The predicted octanol–water partition coefficient (Wildman–Crippen LogP) is 2.71. The van der Waals surface area contributed by atoms with E-state index in [1.165, 1.54) is 5.56 Å². The number of guanidine groups is 1. The van der Waals surface area contributed by atoms with Crippen molar-refractivity contribution in [3.63, 3.8) is 0 Å². The maximum atomic E-state index is 5.39. The topological polar surface area (TPSA) is 62.5 Å². The van der Waals surface area contributed by atoms with E-state index in [9.17, 15) is 0 Å². The third kappa shape index (κ3) is 4.84. The molecule has 0 atom stereocenters.